The van der Waals surface area contributed by atoms with Crippen molar-refractivity contribution in [1.29, 1.82) is 0 Å². The first-order chi connectivity index (χ1) is 21.1. The first kappa shape index (κ1) is 32.0. The van der Waals surface area contributed by atoms with E-state index in [9.17, 15) is 12.8 Å². The lowest BCUT2D eigenvalue weighted by molar-refractivity contribution is 0.303. The van der Waals surface area contributed by atoms with E-state index in [4.69, 9.17) is 9.72 Å². The molecule has 0 spiro atoms. The molecule has 1 atom stereocenters. The average molecular weight is 699 g/mol. The van der Waals surface area contributed by atoms with Gasteiger partial charge in [-0.2, -0.15) is 0 Å². The quantitative estimate of drug-likeness (QED) is 0.128. The number of rotatable bonds is 13. The smallest absolute Gasteiger partial charge is 0.153 e. The third-order valence-electron chi connectivity index (χ3n) is 7.13. The van der Waals surface area contributed by atoms with Crippen LogP contribution in [0.5, 0.6) is 5.75 Å². The lowest BCUT2D eigenvalue weighted by Crippen LogP contribution is -2.29. The number of sulfone groups is 1. The first-order valence-electron chi connectivity index (χ1n) is 14.2. The maximum absolute atomic E-state index is 13.5. The molecule has 5 aromatic rings. The molecule has 0 saturated carbocycles. The molecule has 0 saturated heterocycles. The van der Waals surface area contributed by atoms with Crippen LogP contribution in [0.1, 0.15) is 43.8 Å². The van der Waals surface area contributed by atoms with E-state index in [-0.39, 0.29) is 29.5 Å². The second kappa shape index (κ2) is 14.1. The summed E-state index contributed by atoms with van der Waals surface area (Å²) in [4.78, 5) is 13.8. The van der Waals surface area contributed by atoms with Gasteiger partial charge in [-0.3, -0.25) is 0 Å². The van der Waals surface area contributed by atoms with E-state index in [0.29, 0.717) is 18.1 Å². The van der Waals surface area contributed by atoms with Gasteiger partial charge >= 0.3 is 0 Å². The molecule has 0 bridgehead atoms. The van der Waals surface area contributed by atoms with Crippen LogP contribution >= 0.6 is 27.3 Å². The van der Waals surface area contributed by atoms with Crippen molar-refractivity contribution in [2.24, 2.45) is 0 Å². The van der Waals surface area contributed by atoms with E-state index in [1.165, 1.54) is 18.5 Å². The van der Waals surface area contributed by atoms with Crippen LogP contribution in [-0.4, -0.2) is 40.9 Å². The molecule has 5 rings (SSSR count). The van der Waals surface area contributed by atoms with Crippen molar-refractivity contribution >= 4 is 59.5 Å². The maximum Gasteiger partial charge on any atom is 0.153 e. The third kappa shape index (κ3) is 7.79. The highest BCUT2D eigenvalue weighted by Crippen LogP contribution is 2.33. The number of nitrogens with one attached hydrogen (secondary N) is 2. The van der Waals surface area contributed by atoms with Gasteiger partial charge in [-0.05, 0) is 84.2 Å². The Kier molecular flexibility index (Phi) is 10.2. The Morgan fingerprint density at radius 1 is 1.07 bits per heavy atom. The van der Waals surface area contributed by atoms with Crippen molar-refractivity contribution in [3.8, 4) is 17.0 Å². The number of hydrogen-bond acceptors (Lipinski definition) is 9. The molecule has 2 heterocycles. The standard InChI is InChI=1S/C32H33BrFN5O3S2/c1-4-27(35-12-13-44(40,41)20(2)3)32-39-29(18-43-32)22-8-10-28-25(15-22)31(37-19-36-28)38-24-9-11-30(26(33)16-24)42-17-21-6-5-7-23(34)14-21/h5-11,14-16,18-20,27,35H,4,12-13,17H2,1-3H3,(H,36,37,38). The first-order valence-corrected chi connectivity index (χ1v) is 17.6. The fourth-order valence-corrected chi connectivity index (χ4v) is 6.89. The average Bonchev–Trinajstić information content (AvgIpc) is 3.49. The molecule has 230 valence electrons. The highest BCUT2D eigenvalue weighted by atomic mass is 79.9. The molecule has 0 fully saturated rings. The van der Waals surface area contributed by atoms with Crippen molar-refractivity contribution in [3.63, 3.8) is 0 Å². The summed E-state index contributed by atoms with van der Waals surface area (Å²) in [5, 5.41) is 10.1. The van der Waals surface area contributed by atoms with Crippen LogP contribution in [0, 0.1) is 5.82 Å². The number of ether oxygens (including phenoxy) is 1. The second-order valence-electron chi connectivity index (χ2n) is 10.5. The van der Waals surface area contributed by atoms with Crippen molar-refractivity contribution in [2.45, 2.75) is 45.1 Å². The van der Waals surface area contributed by atoms with Gasteiger partial charge in [0.2, 0.25) is 0 Å². The lowest BCUT2D eigenvalue weighted by Gasteiger charge is -2.15. The summed E-state index contributed by atoms with van der Waals surface area (Å²) in [7, 11) is -3.11. The van der Waals surface area contributed by atoms with Gasteiger partial charge < -0.3 is 15.4 Å². The Bertz CT molecular complexity index is 1870. The molecular weight excluding hydrogens is 665 g/mol. The molecule has 0 aliphatic rings. The Hall–Kier alpha value is -3.45. The fraction of sp³-hybridized carbons (Fsp3) is 0.281. The largest absolute Gasteiger partial charge is 0.488 e. The van der Waals surface area contributed by atoms with E-state index in [0.717, 1.165) is 49.3 Å². The molecular formula is C32H33BrFN5O3S2. The Morgan fingerprint density at radius 3 is 2.66 bits per heavy atom. The molecule has 0 amide bonds. The molecule has 12 heteroatoms. The van der Waals surface area contributed by atoms with Gasteiger partial charge in [-0.25, -0.2) is 27.8 Å². The van der Waals surface area contributed by atoms with Crippen molar-refractivity contribution in [2.75, 3.05) is 17.6 Å². The van der Waals surface area contributed by atoms with Crippen LogP contribution in [0.15, 0.2) is 76.8 Å². The van der Waals surface area contributed by atoms with Crippen molar-refractivity contribution < 1.29 is 17.5 Å². The SMILES string of the molecule is CCC(NCCS(=O)(=O)C(C)C)c1nc(-c2ccc3ncnc(Nc4ccc(OCc5cccc(F)c5)c(Br)c4)c3c2)cs1. The summed E-state index contributed by atoms with van der Waals surface area (Å²) in [5.74, 6) is 1.08. The zero-order valence-electron chi connectivity index (χ0n) is 24.6. The Balaban J connectivity index is 1.30. The monoisotopic (exact) mass is 697 g/mol. The molecule has 2 aromatic heterocycles. The molecule has 0 aliphatic heterocycles. The minimum absolute atomic E-state index is 0.0311. The zero-order valence-corrected chi connectivity index (χ0v) is 27.8. The molecule has 0 radical (unpaired) electrons. The highest BCUT2D eigenvalue weighted by Gasteiger charge is 2.19. The van der Waals surface area contributed by atoms with Gasteiger partial charge in [0, 0.05) is 28.6 Å². The van der Waals surface area contributed by atoms with E-state index in [1.54, 1.807) is 31.3 Å². The number of nitrogens with zero attached hydrogens (tertiary/aromatic N) is 3. The van der Waals surface area contributed by atoms with E-state index in [2.05, 4.69) is 43.5 Å². The maximum atomic E-state index is 13.5. The van der Waals surface area contributed by atoms with Crippen LogP contribution in [0.25, 0.3) is 22.2 Å². The summed E-state index contributed by atoms with van der Waals surface area (Å²) in [6.07, 6.45) is 2.31. The van der Waals surface area contributed by atoms with E-state index < -0.39 is 9.84 Å². The summed E-state index contributed by atoms with van der Waals surface area (Å²) in [6.45, 7) is 6.10. The van der Waals surface area contributed by atoms with Crippen LogP contribution in [0.2, 0.25) is 0 Å². The molecule has 8 nitrogen and oxygen atoms in total. The minimum atomic E-state index is -3.11. The number of thiazole rings is 1. The summed E-state index contributed by atoms with van der Waals surface area (Å²) in [5.41, 5.74) is 4.09. The summed E-state index contributed by atoms with van der Waals surface area (Å²) >= 11 is 5.13. The lowest BCUT2D eigenvalue weighted by atomic mass is 10.1. The third-order valence-corrected chi connectivity index (χ3v) is 10.9. The van der Waals surface area contributed by atoms with Gasteiger partial charge in [0.05, 0.1) is 32.7 Å². The summed E-state index contributed by atoms with van der Waals surface area (Å²) in [6, 6.07) is 17.9. The van der Waals surface area contributed by atoms with Gasteiger partial charge in [0.25, 0.3) is 0 Å². The number of aromatic nitrogens is 3. The molecule has 0 aliphatic carbocycles. The predicted octanol–water partition coefficient (Wildman–Crippen LogP) is 7.84. The molecule has 2 N–H and O–H groups in total. The minimum Gasteiger partial charge on any atom is -0.488 e. The van der Waals surface area contributed by atoms with E-state index >= 15 is 0 Å². The number of anilines is 2. The number of fused-ring (bicyclic) bond motifs is 1. The van der Waals surface area contributed by atoms with Crippen LogP contribution in [-0.2, 0) is 16.4 Å². The number of hydrogen-bond donors (Lipinski definition) is 2. The molecule has 1 unspecified atom stereocenters. The fourth-order valence-electron chi connectivity index (χ4n) is 4.53. The Morgan fingerprint density at radius 2 is 1.91 bits per heavy atom. The Labute approximate surface area is 269 Å². The second-order valence-corrected chi connectivity index (χ2v) is 15.0. The topological polar surface area (TPSA) is 106 Å². The van der Waals surface area contributed by atoms with Gasteiger partial charge in [-0.15, -0.1) is 11.3 Å². The van der Waals surface area contributed by atoms with Crippen LogP contribution < -0.4 is 15.4 Å². The van der Waals surface area contributed by atoms with Crippen LogP contribution in [0.4, 0.5) is 15.9 Å². The highest BCUT2D eigenvalue weighted by molar-refractivity contribution is 9.10. The van der Waals surface area contributed by atoms with Crippen molar-refractivity contribution in [1.82, 2.24) is 20.3 Å². The molecule has 44 heavy (non-hydrogen) atoms. The van der Waals surface area contributed by atoms with E-state index in [1.807, 2.05) is 47.8 Å². The summed E-state index contributed by atoms with van der Waals surface area (Å²) < 4.78 is 44.5. The normalized spacial score (nSPS) is 12.5. The predicted molar refractivity (Wildman–Crippen MR) is 179 cm³/mol. The van der Waals surface area contributed by atoms with Gasteiger partial charge in [-0.1, -0.05) is 25.1 Å². The van der Waals surface area contributed by atoms with Crippen LogP contribution in [0.3, 0.4) is 0 Å². The molecule has 3 aromatic carbocycles. The number of benzene rings is 3. The number of halogens is 2. The van der Waals surface area contributed by atoms with Gasteiger partial charge in [0.15, 0.2) is 9.84 Å². The zero-order chi connectivity index (χ0) is 31.3. The van der Waals surface area contributed by atoms with Gasteiger partial charge in [0.1, 0.15) is 35.3 Å². The van der Waals surface area contributed by atoms with Crippen molar-refractivity contribution in [3.05, 3.63) is 93.2 Å².